The minimum Gasteiger partial charge on any atom is -1.00 e. The van der Waals surface area contributed by atoms with Crippen LogP contribution in [0.25, 0.3) is 0 Å². The summed E-state index contributed by atoms with van der Waals surface area (Å²) in [6.07, 6.45) is 24.9. The van der Waals surface area contributed by atoms with Crippen molar-refractivity contribution in [2.24, 2.45) is 0 Å². The third-order valence-corrected chi connectivity index (χ3v) is 2.14. The van der Waals surface area contributed by atoms with Gasteiger partial charge in [0.15, 0.2) is 0 Å². The largest absolute Gasteiger partial charge is 4.00 e. The van der Waals surface area contributed by atoms with Crippen LogP contribution in [0.15, 0.2) is 59.8 Å². The summed E-state index contributed by atoms with van der Waals surface area (Å²) in [5.74, 6) is 0. The van der Waals surface area contributed by atoms with E-state index in [1.807, 2.05) is 26.0 Å². The molecule has 0 aromatic carbocycles. The van der Waals surface area contributed by atoms with Crippen molar-refractivity contribution in [3.8, 4) is 0 Å². The third kappa shape index (κ3) is 10.8. The SMILES string of the molecule is C/C=C\C1=[C-]CC=C1.C/C=C\C1=[C-]CC=C1.[F-].[F-].[Hf+4]. The van der Waals surface area contributed by atoms with Crippen molar-refractivity contribution in [2.75, 3.05) is 0 Å². The minimum atomic E-state index is 0. The van der Waals surface area contributed by atoms with E-state index in [9.17, 15) is 0 Å². The van der Waals surface area contributed by atoms with Crippen molar-refractivity contribution < 1.29 is 35.3 Å². The molecule has 0 fully saturated rings. The smallest absolute Gasteiger partial charge is 1.00 e. The number of hydrogen-bond acceptors (Lipinski definition) is 0. The zero-order valence-corrected chi connectivity index (χ0v) is 14.9. The average molecular weight is 427 g/mol. The van der Waals surface area contributed by atoms with Gasteiger partial charge in [0.25, 0.3) is 0 Å². The second-order valence-electron chi connectivity index (χ2n) is 3.48. The van der Waals surface area contributed by atoms with Crippen LogP contribution in [0.1, 0.15) is 26.7 Å². The van der Waals surface area contributed by atoms with Gasteiger partial charge in [0.1, 0.15) is 0 Å². The average Bonchev–Trinajstić information content (AvgIpc) is 2.92. The molecule has 0 saturated heterocycles. The molecule has 19 heavy (non-hydrogen) atoms. The van der Waals surface area contributed by atoms with E-state index < -0.39 is 0 Å². The Hall–Kier alpha value is -0.830. The second-order valence-corrected chi connectivity index (χ2v) is 3.48. The standard InChI is InChI=1S/2C8H9.2FH.Hf/c2*1-2-5-8-6-3-4-7-8;;;/h2*2-3,5-6H,4H2,1H3;2*1H;/q2*-1;;;+4/p-2/b2*5-2-;;;. The maximum absolute atomic E-state index is 3.18. The van der Waals surface area contributed by atoms with Gasteiger partial charge in [-0.1, -0.05) is 26.7 Å². The van der Waals surface area contributed by atoms with Crippen LogP contribution >= 0.6 is 0 Å². The zero-order chi connectivity index (χ0) is 11.6. The van der Waals surface area contributed by atoms with E-state index in [0.29, 0.717) is 0 Å². The zero-order valence-electron chi connectivity index (χ0n) is 11.3. The molecular formula is C16H18F2Hf. The van der Waals surface area contributed by atoms with Crippen LogP contribution in [0.4, 0.5) is 0 Å². The molecule has 0 unspecified atom stereocenters. The van der Waals surface area contributed by atoms with Gasteiger partial charge in [-0.25, -0.2) is 0 Å². The van der Waals surface area contributed by atoms with Crippen molar-refractivity contribution in [2.45, 2.75) is 26.7 Å². The Balaban J connectivity index is -0.000000233. The summed E-state index contributed by atoms with van der Waals surface area (Å²) < 4.78 is 0. The first-order valence-corrected chi connectivity index (χ1v) is 5.67. The molecule has 0 aromatic heterocycles. The Kier molecular flexibility index (Phi) is 18.7. The van der Waals surface area contributed by atoms with Gasteiger partial charge in [-0.15, -0.1) is 24.3 Å². The molecule has 0 aliphatic heterocycles. The molecule has 0 nitrogen and oxygen atoms in total. The Bertz CT molecular complexity index is 348. The predicted octanol–water partition coefficient (Wildman–Crippen LogP) is -1.49. The molecule has 0 saturated carbocycles. The summed E-state index contributed by atoms with van der Waals surface area (Å²) in [5, 5.41) is 0. The summed E-state index contributed by atoms with van der Waals surface area (Å²) in [6, 6.07) is 0. The van der Waals surface area contributed by atoms with Crippen molar-refractivity contribution in [1.82, 2.24) is 0 Å². The van der Waals surface area contributed by atoms with E-state index in [4.69, 9.17) is 0 Å². The molecule has 0 atom stereocenters. The minimum absolute atomic E-state index is 0. The number of allylic oxidation sites excluding steroid dienone is 12. The molecule has 3 heteroatoms. The molecule has 0 heterocycles. The molecule has 0 bridgehead atoms. The Morgan fingerprint density at radius 2 is 1.21 bits per heavy atom. The van der Waals surface area contributed by atoms with Crippen LogP contribution in [0.2, 0.25) is 0 Å². The van der Waals surface area contributed by atoms with Gasteiger partial charge in [0.05, 0.1) is 0 Å². The molecule has 0 spiro atoms. The van der Waals surface area contributed by atoms with Gasteiger partial charge in [-0.05, 0) is 0 Å². The van der Waals surface area contributed by atoms with Crippen LogP contribution in [-0.4, -0.2) is 0 Å². The fourth-order valence-corrected chi connectivity index (χ4v) is 1.43. The summed E-state index contributed by atoms with van der Waals surface area (Å²) in [6.45, 7) is 4.03. The molecule has 2 aliphatic carbocycles. The third-order valence-electron chi connectivity index (χ3n) is 2.14. The number of hydrogen-bond donors (Lipinski definition) is 0. The van der Waals surface area contributed by atoms with E-state index in [2.05, 4.69) is 48.6 Å². The van der Waals surface area contributed by atoms with Gasteiger partial charge < -0.3 is 9.41 Å². The van der Waals surface area contributed by atoms with Gasteiger partial charge in [-0.2, -0.15) is 47.6 Å². The quantitative estimate of drug-likeness (QED) is 0.373. The summed E-state index contributed by atoms with van der Waals surface area (Å²) >= 11 is 0. The van der Waals surface area contributed by atoms with E-state index in [0.717, 1.165) is 12.8 Å². The maximum atomic E-state index is 3.18. The van der Waals surface area contributed by atoms with Crippen LogP contribution in [0.3, 0.4) is 0 Å². The van der Waals surface area contributed by atoms with Crippen molar-refractivity contribution in [3.05, 3.63) is 71.9 Å². The Morgan fingerprint density at radius 3 is 1.42 bits per heavy atom. The topological polar surface area (TPSA) is 0 Å². The Labute approximate surface area is 133 Å². The van der Waals surface area contributed by atoms with Gasteiger partial charge in [0.2, 0.25) is 0 Å². The second kappa shape index (κ2) is 15.2. The number of rotatable bonds is 2. The van der Waals surface area contributed by atoms with Gasteiger partial charge >= 0.3 is 25.8 Å². The fourth-order valence-electron chi connectivity index (χ4n) is 1.43. The van der Waals surface area contributed by atoms with E-state index in [1.54, 1.807) is 0 Å². The van der Waals surface area contributed by atoms with Crippen molar-refractivity contribution in [1.29, 1.82) is 0 Å². The molecule has 2 rings (SSSR count). The van der Waals surface area contributed by atoms with Crippen molar-refractivity contribution >= 4 is 0 Å². The van der Waals surface area contributed by atoms with E-state index in [-0.39, 0.29) is 35.3 Å². The molecule has 0 radical (unpaired) electrons. The molecule has 2 aliphatic rings. The summed E-state index contributed by atoms with van der Waals surface area (Å²) in [5.41, 5.74) is 2.43. The van der Waals surface area contributed by atoms with Gasteiger partial charge in [-0.3, -0.25) is 0 Å². The van der Waals surface area contributed by atoms with E-state index >= 15 is 0 Å². The summed E-state index contributed by atoms with van der Waals surface area (Å²) in [7, 11) is 0. The fraction of sp³-hybridized carbons (Fsp3) is 0.250. The van der Waals surface area contributed by atoms with Crippen LogP contribution in [0, 0.1) is 12.2 Å². The Morgan fingerprint density at radius 1 is 0.842 bits per heavy atom. The van der Waals surface area contributed by atoms with Crippen LogP contribution in [-0.2, 0) is 25.8 Å². The molecule has 0 amide bonds. The summed E-state index contributed by atoms with van der Waals surface area (Å²) in [4.78, 5) is 0. The van der Waals surface area contributed by atoms with Crippen LogP contribution < -0.4 is 9.41 Å². The van der Waals surface area contributed by atoms with Crippen LogP contribution in [0.5, 0.6) is 0 Å². The molecule has 0 aromatic rings. The van der Waals surface area contributed by atoms with Crippen molar-refractivity contribution in [3.63, 3.8) is 0 Å². The molecule has 100 valence electrons. The first-order valence-electron chi connectivity index (χ1n) is 5.67. The molecule has 0 N–H and O–H groups in total. The number of halogens is 2. The molecular weight excluding hydrogens is 409 g/mol. The predicted molar refractivity (Wildman–Crippen MR) is 70.7 cm³/mol. The first-order chi connectivity index (χ1) is 7.86. The maximum Gasteiger partial charge on any atom is 4.00 e. The monoisotopic (exact) mass is 428 g/mol. The van der Waals surface area contributed by atoms with Gasteiger partial charge in [0, 0.05) is 0 Å². The normalized spacial score (nSPS) is 15.1. The van der Waals surface area contributed by atoms with E-state index in [1.165, 1.54) is 11.1 Å². The first kappa shape index (κ1) is 23.3.